The Labute approximate surface area is 183 Å². The van der Waals surface area contributed by atoms with Gasteiger partial charge in [-0.05, 0) is 37.6 Å². The van der Waals surface area contributed by atoms with E-state index >= 15 is 0 Å². The Hall–Kier alpha value is -3.05. The second-order valence-corrected chi connectivity index (χ2v) is 8.15. The molecule has 0 saturated carbocycles. The summed E-state index contributed by atoms with van der Waals surface area (Å²) in [5.74, 6) is 0.760. The molecule has 2 aromatic carbocycles. The summed E-state index contributed by atoms with van der Waals surface area (Å²) >= 11 is 0. The highest BCUT2D eigenvalue weighted by atomic mass is 16.5. The van der Waals surface area contributed by atoms with Gasteiger partial charge in [0.2, 0.25) is 5.91 Å². The summed E-state index contributed by atoms with van der Waals surface area (Å²) in [6.45, 7) is 10.6. The summed E-state index contributed by atoms with van der Waals surface area (Å²) < 4.78 is 11.5. The third-order valence-corrected chi connectivity index (χ3v) is 6.15. The lowest BCUT2D eigenvalue weighted by molar-refractivity contribution is -0.127. The van der Waals surface area contributed by atoms with Gasteiger partial charge in [-0.1, -0.05) is 36.8 Å². The Kier molecular flexibility index (Phi) is 6.14. The number of rotatable bonds is 5. The van der Waals surface area contributed by atoms with Gasteiger partial charge in [0.25, 0.3) is 0 Å². The highest BCUT2D eigenvalue weighted by Crippen LogP contribution is 2.37. The summed E-state index contributed by atoms with van der Waals surface area (Å²) in [4.78, 5) is 17.2. The fraction of sp³-hybridized carbons (Fsp3) is 0.346. The zero-order valence-electron chi connectivity index (χ0n) is 18.8. The number of allylic oxidation sites excluding steroid dienone is 1. The number of piperazine rings is 1. The van der Waals surface area contributed by atoms with Crippen LogP contribution in [-0.4, -0.2) is 55.5 Å². The van der Waals surface area contributed by atoms with Crippen LogP contribution >= 0.6 is 0 Å². The van der Waals surface area contributed by atoms with Gasteiger partial charge >= 0.3 is 0 Å². The van der Waals surface area contributed by atoms with Gasteiger partial charge in [0.1, 0.15) is 11.3 Å². The van der Waals surface area contributed by atoms with Gasteiger partial charge in [-0.3, -0.25) is 4.79 Å². The van der Waals surface area contributed by atoms with Gasteiger partial charge in [0, 0.05) is 54.8 Å². The number of furan rings is 1. The molecular weight excluding hydrogens is 388 g/mol. The summed E-state index contributed by atoms with van der Waals surface area (Å²) in [7, 11) is 1.65. The quantitative estimate of drug-likeness (QED) is 0.548. The molecule has 5 nitrogen and oxygen atoms in total. The van der Waals surface area contributed by atoms with Gasteiger partial charge in [-0.2, -0.15) is 0 Å². The van der Waals surface area contributed by atoms with Crippen LogP contribution in [0.1, 0.15) is 25.0 Å². The molecule has 162 valence electrons. The smallest absolute Gasteiger partial charge is 0.246 e. The largest absolute Gasteiger partial charge is 0.496 e. The number of fused-ring (bicyclic) bond motifs is 1. The van der Waals surface area contributed by atoms with E-state index in [1.54, 1.807) is 19.4 Å². The predicted octanol–water partition coefficient (Wildman–Crippen LogP) is 4.98. The highest BCUT2D eigenvalue weighted by Gasteiger charge is 2.20. The van der Waals surface area contributed by atoms with Crippen LogP contribution in [-0.2, 0) is 4.79 Å². The van der Waals surface area contributed by atoms with Gasteiger partial charge in [0.05, 0.1) is 13.4 Å². The van der Waals surface area contributed by atoms with Crippen LogP contribution in [0.15, 0.2) is 53.2 Å². The Balaban J connectivity index is 1.67. The van der Waals surface area contributed by atoms with Crippen molar-refractivity contribution in [3.05, 3.63) is 59.9 Å². The molecule has 0 aliphatic carbocycles. The maximum atomic E-state index is 12.9. The Morgan fingerprint density at radius 2 is 1.84 bits per heavy atom. The highest BCUT2D eigenvalue weighted by molar-refractivity contribution is 6.00. The minimum atomic E-state index is 0.0568. The molecule has 1 fully saturated rings. The Bertz CT molecular complexity index is 1100. The van der Waals surface area contributed by atoms with E-state index in [4.69, 9.17) is 9.15 Å². The average molecular weight is 419 g/mol. The molecule has 1 saturated heterocycles. The molecule has 3 aromatic rings. The van der Waals surface area contributed by atoms with Crippen LogP contribution in [0.4, 0.5) is 0 Å². The molecule has 0 unspecified atom stereocenters. The first kappa shape index (κ1) is 21.2. The lowest BCUT2D eigenvalue weighted by atomic mass is 9.98. The number of ether oxygens (including phenoxy) is 1. The first-order valence-electron chi connectivity index (χ1n) is 10.9. The van der Waals surface area contributed by atoms with E-state index in [0.717, 1.165) is 66.0 Å². The number of nitrogens with zero attached hydrogens (tertiary/aromatic N) is 2. The predicted molar refractivity (Wildman–Crippen MR) is 125 cm³/mol. The lowest BCUT2D eigenvalue weighted by Gasteiger charge is -2.33. The fourth-order valence-electron chi connectivity index (χ4n) is 4.13. The van der Waals surface area contributed by atoms with Crippen LogP contribution in [0, 0.1) is 6.92 Å². The van der Waals surface area contributed by atoms with Crippen LogP contribution in [0.5, 0.6) is 5.75 Å². The molecule has 1 amide bonds. The molecule has 1 aromatic heterocycles. The lowest BCUT2D eigenvalue weighted by Crippen LogP contribution is -2.48. The first-order chi connectivity index (χ1) is 15.0. The molecule has 1 aliphatic rings. The maximum absolute atomic E-state index is 12.9. The third-order valence-electron chi connectivity index (χ3n) is 6.15. The van der Waals surface area contributed by atoms with Crippen molar-refractivity contribution in [2.75, 3.05) is 39.8 Å². The van der Waals surface area contributed by atoms with Crippen LogP contribution in [0.2, 0.25) is 0 Å². The van der Waals surface area contributed by atoms with Crippen molar-refractivity contribution in [3.63, 3.8) is 0 Å². The van der Waals surface area contributed by atoms with Crippen molar-refractivity contribution < 1.29 is 13.9 Å². The SMILES string of the molecule is CCN1CCN(C(=O)/C=C(\C)c2cc3c(-c4ccc(C)cc4)coc3cc2OC)CC1. The topological polar surface area (TPSA) is 45.9 Å². The molecule has 2 heterocycles. The maximum Gasteiger partial charge on any atom is 0.246 e. The van der Waals surface area contributed by atoms with Crippen molar-refractivity contribution >= 4 is 22.4 Å². The Morgan fingerprint density at radius 3 is 2.48 bits per heavy atom. The fourth-order valence-corrected chi connectivity index (χ4v) is 4.13. The van der Waals surface area contributed by atoms with Crippen molar-refractivity contribution in [1.29, 1.82) is 0 Å². The number of methoxy groups -OCH3 is 1. The number of carbonyl (C=O) groups is 1. The normalized spacial score (nSPS) is 15.5. The van der Waals surface area contributed by atoms with Crippen molar-refractivity contribution in [2.24, 2.45) is 0 Å². The second-order valence-electron chi connectivity index (χ2n) is 8.15. The second kappa shape index (κ2) is 8.98. The van der Waals surface area contributed by atoms with Gasteiger partial charge in [-0.15, -0.1) is 0 Å². The number of benzene rings is 2. The molecule has 31 heavy (non-hydrogen) atoms. The number of carbonyl (C=O) groups excluding carboxylic acids is 1. The summed E-state index contributed by atoms with van der Waals surface area (Å²) in [5, 5.41) is 1.01. The van der Waals surface area contributed by atoms with E-state index in [9.17, 15) is 4.79 Å². The molecule has 5 heteroatoms. The monoisotopic (exact) mass is 418 g/mol. The number of hydrogen-bond donors (Lipinski definition) is 0. The third kappa shape index (κ3) is 4.37. The van der Waals surface area contributed by atoms with E-state index in [-0.39, 0.29) is 5.91 Å². The van der Waals surface area contributed by atoms with E-state index in [0.29, 0.717) is 5.75 Å². The minimum Gasteiger partial charge on any atom is -0.496 e. The number of amides is 1. The van der Waals surface area contributed by atoms with Gasteiger partial charge < -0.3 is 19.0 Å². The van der Waals surface area contributed by atoms with Crippen LogP contribution in [0.25, 0.3) is 27.7 Å². The number of hydrogen-bond acceptors (Lipinski definition) is 4. The Morgan fingerprint density at radius 1 is 1.13 bits per heavy atom. The zero-order chi connectivity index (χ0) is 22.0. The summed E-state index contributed by atoms with van der Waals surface area (Å²) in [6, 6.07) is 12.4. The molecule has 0 bridgehead atoms. The summed E-state index contributed by atoms with van der Waals surface area (Å²) in [6.07, 6.45) is 3.52. The van der Waals surface area contributed by atoms with E-state index in [2.05, 4.69) is 49.1 Å². The van der Waals surface area contributed by atoms with Crippen molar-refractivity contribution in [3.8, 4) is 16.9 Å². The molecule has 0 atom stereocenters. The molecule has 0 N–H and O–H groups in total. The van der Waals surface area contributed by atoms with Crippen LogP contribution < -0.4 is 4.74 Å². The molecular formula is C26H30N2O3. The van der Waals surface area contributed by atoms with Crippen molar-refractivity contribution in [2.45, 2.75) is 20.8 Å². The summed E-state index contributed by atoms with van der Waals surface area (Å²) in [5.41, 5.74) is 5.92. The minimum absolute atomic E-state index is 0.0568. The van der Waals surface area contributed by atoms with Crippen molar-refractivity contribution in [1.82, 2.24) is 9.80 Å². The number of likely N-dealkylation sites (N-methyl/N-ethyl adjacent to an activating group) is 1. The van der Waals surface area contributed by atoms with Gasteiger partial charge in [0.15, 0.2) is 0 Å². The standard InChI is InChI=1S/C26H30N2O3/c1-5-27-10-12-28(13-11-27)26(29)14-19(3)21-15-22-23(20-8-6-18(2)7-9-20)17-31-25(22)16-24(21)30-4/h6-9,14-17H,5,10-13H2,1-4H3/b19-14+. The average Bonchev–Trinajstić information content (AvgIpc) is 3.21. The first-order valence-corrected chi connectivity index (χ1v) is 10.9. The molecule has 0 radical (unpaired) electrons. The van der Waals surface area contributed by atoms with Crippen LogP contribution in [0.3, 0.4) is 0 Å². The van der Waals surface area contributed by atoms with E-state index in [1.165, 1.54) is 5.56 Å². The molecule has 0 spiro atoms. The van der Waals surface area contributed by atoms with E-state index in [1.807, 2.05) is 17.9 Å². The van der Waals surface area contributed by atoms with E-state index < -0.39 is 0 Å². The van der Waals surface area contributed by atoms with Gasteiger partial charge in [-0.25, -0.2) is 0 Å². The number of aryl methyl sites for hydroxylation is 1. The zero-order valence-corrected chi connectivity index (χ0v) is 18.8. The molecule has 1 aliphatic heterocycles. The molecule has 4 rings (SSSR count).